The lowest BCUT2D eigenvalue weighted by Gasteiger charge is -2.36. The highest BCUT2D eigenvalue weighted by atomic mass is 16.2. The fourth-order valence-corrected chi connectivity index (χ4v) is 4.30. The van der Waals surface area contributed by atoms with E-state index < -0.39 is 0 Å². The Balaban J connectivity index is 1.44. The number of aromatic nitrogens is 2. The molecule has 3 heterocycles. The molecule has 0 aliphatic carbocycles. The van der Waals surface area contributed by atoms with E-state index in [1.807, 2.05) is 30.9 Å². The van der Waals surface area contributed by atoms with Crippen molar-refractivity contribution in [3.63, 3.8) is 0 Å². The molecule has 0 bridgehead atoms. The van der Waals surface area contributed by atoms with Crippen molar-refractivity contribution in [1.82, 2.24) is 14.9 Å². The van der Waals surface area contributed by atoms with Crippen LogP contribution in [-0.4, -0.2) is 60.0 Å². The zero-order valence-corrected chi connectivity index (χ0v) is 17.8. The molecule has 4 rings (SSSR count). The summed E-state index contributed by atoms with van der Waals surface area (Å²) >= 11 is 0. The molecule has 6 nitrogen and oxygen atoms in total. The molecule has 0 radical (unpaired) electrons. The molecule has 2 saturated heterocycles. The van der Waals surface area contributed by atoms with Crippen molar-refractivity contribution >= 4 is 17.7 Å². The topological polar surface area (TPSA) is 52.6 Å². The summed E-state index contributed by atoms with van der Waals surface area (Å²) < 4.78 is 0. The average Bonchev–Trinajstić information content (AvgIpc) is 2.74. The summed E-state index contributed by atoms with van der Waals surface area (Å²) in [5.74, 6) is 1.97. The van der Waals surface area contributed by atoms with Gasteiger partial charge in [-0.05, 0) is 51.7 Å². The van der Waals surface area contributed by atoms with Gasteiger partial charge in [-0.3, -0.25) is 4.79 Å². The molecule has 0 saturated carbocycles. The predicted octanol–water partition coefficient (Wildman–Crippen LogP) is 3.35. The van der Waals surface area contributed by atoms with Crippen LogP contribution in [0.15, 0.2) is 24.3 Å². The molecule has 0 unspecified atom stereocenters. The van der Waals surface area contributed by atoms with Gasteiger partial charge in [-0.2, -0.15) is 4.98 Å². The third-order valence-electron chi connectivity index (χ3n) is 5.97. The Bertz CT molecular complexity index is 883. The number of amides is 1. The van der Waals surface area contributed by atoms with Crippen molar-refractivity contribution in [2.24, 2.45) is 0 Å². The van der Waals surface area contributed by atoms with Crippen LogP contribution in [-0.2, 0) is 0 Å². The van der Waals surface area contributed by atoms with Crippen LogP contribution in [0.3, 0.4) is 0 Å². The molecule has 1 amide bonds. The van der Waals surface area contributed by atoms with Gasteiger partial charge in [0.2, 0.25) is 5.95 Å². The van der Waals surface area contributed by atoms with E-state index in [0.717, 1.165) is 54.8 Å². The second-order valence-electron chi connectivity index (χ2n) is 8.31. The van der Waals surface area contributed by atoms with Crippen LogP contribution in [0.4, 0.5) is 11.8 Å². The van der Waals surface area contributed by atoms with Gasteiger partial charge >= 0.3 is 0 Å². The fourth-order valence-electron chi connectivity index (χ4n) is 4.30. The predicted molar refractivity (Wildman–Crippen MR) is 117 cm³/mol. The van der Waals surface area contributed by atoms with Crippen molar-refractivity contribution < 1.29 is 4.79 Å². The second kappa shape index (κ2) is 8.39. The Hall–Kier alpha value is -2.63. The Morgan fingerprint density at radius 1 is 0.828 bits per heavy atom. The molecule has 2 aliphatic rings. The Kier molecular flexibility index (Phi) is 5.69. The van der Waals surface area contributed by atoms with Gasteiger partial charge in [0.15, 0.2) is 0 Å². The van der Waals surface area contributed by atoms with Crippen molar-refractivity contribution in [1.29, 1.82) is 0 Å². The van der Waals surface area contributed by atoms with E-state index in [0.29, 0.717) is 13.1 Å². The minimum Gasteiger partial charge on any atom is -0.353 e. The van der Waals surface area contributed by atoms with Crippen LogP contribution in [0.1, 0.15) is 46.4 Å². The summed E-state index contributed by atoms with van der Waals surface area (Å²) in [5.41, 5.74) is 4.06. The summed E-state index contributed by atoms with van der Waals surface area (Å²) in [7, 11) is 0. The van der Waals surface area contributed by atoms with E-state index in [1.165, 1.54) is 24.8 Å². The van der Waals surface area contributed by atoms with Gasteiger partial charge in [0.1, 0.15) is 5.82 Å². The number of rotatable bonds is 3. The zero-order chi connectivity index (χ0) is 20.4. The minimum atomic E-state index is 0.134. The summed E-state index contributed by atoms with van der Waals surface area (Å²) in [6, 6.07) is 8.12. The van der Waals surface area contributed by atoms with Crippen LogP contribution < -0.4 is 9.80 Å². The highest BCUT2D eigenvalue weighted by molar-refractivity contribution is 5.95. The lowest BCUT2D eigenvalue weighted by atomic mass is 10.0. The first-order chi connectivity index (χ1) is 14.0. The summed E-state index contributed by atoms with van der Waals surface area (Å²) in [5, 5.41) is 0. The normalized spacial score (nSPS) is 17.6. The van der Waals surface area contributed by atoms with Gasteiger partial charge in [0.25, 0.3) is 5.91 Å². The maximum atomic E-state index is 13.0. The lowest BCUT2D eigenvalue weighted by Crippen LogP contribution is -2.49. The molecule has 2 fully saturated rings. The number of hydrogen-bond acceptors (Lipinski definition) is 5. The highest BCUT2D eigenvalue weighted by Gasteiger charge is 2.25. The standard InChI is InChI=1S/C23H31N5O/c1-17-7-8-20(18(2)15-17)22(29)27-13-11-26(12-14-27)21-16-19(3)24-23(25-21)28-9-5-4-6-10-28/h7-8,15-16H,4-6,9-14H2,1-3H3. The summed E-state index contributed by atoms with van der Waals surface area (Å²) in [4.78, 5) is 29.1. The van der Waals surface area contributed by atoms with E-state index in [4.69, 9.17) is 4.98 Å². The number of nitrogens with zero attached hydrogens (tertiary/aromatic N) is 5. The number of carbonyl (C=O) groups is 1. The Labute approximate surface area is 173 Å². The van der Waals surface area contributed by atoms with E-state index >= 15 is 0 Å². The monoisotopic (exact) mass is 393 g/mol. The fraction of sp³-hybridized carbons (Fsp3) is 0.522. The largest absolute Gasteiger partial charge is 0.353 e. The van der Waals surface area contributed by atoms with Gasteiger partial charge in [0, 0.05) is 56.6 Å². The SMILES string of the molecule is Cc1ccc(C(=O)N2CCN(c3cc(C)nc(N4CCCCC4)n3)CC2)c(C)c1. The van der Waals surface area contributed by atoms with Crippen LogP contribution in [0.5, 0.6) is 0 Å². The van der Waals surface area contributed by atoms with Crippen molar-refractivity contribution in [3.8, 4) is 0 Å². The Morgan fingerprint density at radius 3 is 2.24 bits per heavy atom. The number of hydrogen-bond donors (Lipinski definition) is 0. The summed E-state index contributed by atoms with van der Waals surface area (Å²) in [6.07, 6.45) is 3.73. The van der Waals surface area contributed by atoms with Crippen molar-refractivity contribution in [2.45, 2.75) is 40.0 Å². The first-order valence-corrected chi connectivity index (χ1v) is 10.7. The van der Waals surface area contributed by atoms with Crippen LogP contribution in [0.25, 0.3) is 0 Å². The van der Waals surface area contributed by atoms with Crippen LogP contribution >= 0.6 is 0 Å². The molecule has 1 aromatic heterocycles. The van der Waals surface area contributed by atoms with Crippen LogP contribution in [0, 0.1) is 20.8 Å². The minimum absolute atomic E-state index is 0.134. The molecule has 6 heteroatoms. The van der Waals surface area contributed by atoms with E-state index in [2.05, 4.69) is 33.8 Å². The molecule has 2 aromatic rings. The molecular weight excluding hydrogens is 362 g/mol. The highest BCUT2D eigenvalue weighted by Crippen LogP contribution is 2.22. The first kappa shape index (κ1) is 19.7. The smallest absolute Gasteiger partial charge is 0.254 e. The maximum absolute atomic E-state index is 13.0. The third-order valence-corrected chi connectivity index (χ3v) is 5.97. The number of benzene rings is 1. The third kappa shape index (κ3) is 4.36. The average molecular weight is 394 g/mol. The van der Waals surface area contributed by atoms with Gasteiger partial charge in [-0.25, -0.2) is 4.98 Å². The molecule has 0 N–H and O–H groups in total. The molecule has 0 spiro atoms. The van der Waals surface area contributed by atoms with E-state index in [1.54, 1.807) is 0 Å². The van der Waals surface area contributed by atoms with Gasteiger partial charge in [0.05, 0.1) is 0 Å². The molecular formula is C23H31N5O. The summed E-state index contributed by atoms with van der Waals surface area (Å²) in [6.45, 7) is 11.2. The van der Waals surface area contributed by atoms with Gasteiger partial charge in [-0.15, -0.1) is 0 Å². The van der Waals surface area contributed by atoms with Crippen molar-refractivity contribution in [2.75, 3.05) is 49.1 Å². The lowest BCUT2D eigenvalue weighted by molar-refractivity contribution is 0.0746. The quantitative estimate of drug-likeness (QED) is 0.800. The number of aryl methyl sites for hydroxylation is 3. The number of anilines is 2. The number of carbonyl (C=O) groups excluding carboxylic acids is 1. The zero-order valence-electron chi connectivity index (χ0n) is 17.8. The molecule has 2 aliphatic heterocycles. The van der Waals surface area contributed by atoms with E-state index in [9.17, 15) is 4.79 Å². The maximum Gasteiger partial charge on any atom is 0.254 e. The molecule has 0 atom stereocenters. The van der Waals surface area contributed by atoms with Crippen LogP contribution in [0.2, 0.25) is 0 Å². The Morgan fingerprint density at radius 2 is 1.55 bits per heavy atom. The number of piperazine rings is 1. The second-order valence-corrected chi connectivity index (χ2v) is 8.31. The molecule has 1 aromatic carbocycles. The van der Waals surface area contributed by atoms with Gasteiger partial charge < -0.3 is 14.7 Å². The first-order valence-electron chi connectivity index (χ1n) is 10.7. The number of piperidine rings is 1. The van der Waals surface area contributed by atoms with E-state index in [-0.39, 0.29) is 5.91 Å². The molecule has 29 heavy (non-hydrogen) atoms. The van der Waals surface area contributed by atoms with Gasteiger partial charge in [-0.1, -0.05) is 17.7 Å². The molecule has 154 valence electrons. The van der Waals surface area contributed by atoms with Crippen molar-refractivity contribution in [3.05, 3.63) is 46.6 Å².